The maximum atomic E-state index is 12.1. The van der Waals surface area contributed by atoms with Crippen LogP contribution in [0.1, 0.15) is 12.0 Å². The summed E-state index contributed by atoms with van der Waals surface area (Å²) in [5.74, 6) is 0.921. The molecule has 2 N–H and O–H groups in total. The molecule has 1 heterocycles. The van der Waals surface area contributed by atoms with Crippen molar-refractivity contribution in [1.29, 1.82) is 0 Å². The van der Waals surface area contributed by atoms with Crippen LogP contribution in [-0.4, -0.2) is 25.7 Å². The predicted octanol–water partition coefficient (Wildman–Crippen LogP) is 1.73. The highest BCUT2D eigenvalue weighted by atomic mass is 19.3. The third kappa shape index (κ3) is 3.87. The van der Waals surface area contributed by atoms with Crippen molar-refractivity contribution in [3.63, 3.8) is 0 Å². The maximum absolute atomic E-state index is 12.1. The first-order chi connectivity index (χ1) is 8.74. The molecule has 0 aliphatic carbocycles. The van der Waals surface area contributed by atoms with Crippen molar-refractivity contribution >= 4 is 5.96 Å². The molecule has 0 amide bonds. The van der Waals surface area contributed by atoms with Crippen molar-refractivity contribution in [2.45, 2.75) is 19.6 Å². The fraction of sp³-hybridized carbons (Fsp3) is 0.417. The number of nitrogens with zero attached hydrogens (tertiary/aromatic N) is 1. The lowest BCUT2D eigenvalue weighted by Gasteiger charge is -2.16. The standard InChI is InChI=1S/C12H15F2N3O/c13-11(14)18-10-4-1-3-9(7-10)8-17-12-15-5-2-6-16-12/h1,3-4,7,11H,2,5-6,8H2,(H2,15,16,17). The van der Waals surface area contributed by atoms with E-state index in [1.54, 1.807) is 12.1 Å². The van der Waals surface area contributed by atoms with E-state index in [4.69, 9.17) is 0 Å². The molecule has 0 unspecified atom stereocenters. The van der Waals surface area contributed by atoms with E-state index in [0.717, 1.165) is 31.0 Å². The maximum Gasteiger partial charge on any atom is 0.387 e. The third-order valence-electron chi connectivity index (χ3n) is 2.48. The molecule has 0 saturated heterocycles. The Hall–Kier alpha value is -1.85. The van der Waals surface area contributed by atoms with E-state index in [1.807, 2.05) is 6.07 Å². The van der Waals surface area contributed by atoms with Gasteiger partial charge in [0.25, 0.3) is 0 Å². The fourth-order valence-corrected chi connectivity index (χ4v) is 1.67. The fourth-order valence-electron chi connectivity index (χ4n) is 1.67. The Morgan fingerprint density at radius 2 is 2.33 bits per heavy atom. The normalized spacial score (nSPS) is 14.9. The van der Waals surface area contributed by atoms with Crippen LogP contribution in [0.2, 0.25) is 0 Å². The average Bonchev–Trinajstić information content (AvgIpc) is 2.37. The summed E-state index contributed by atoms with van der Waals surface area (Å²) in [5.41, 5.74) is 0.864. The Labute approximate surface area is 104 Å². The van der Waals surface area contributed by atoms with Gasteiger partial charge in [-0.1, -0.05) is 12.1 Å². The quantitative estimate of drug-likeness (QED) is 0.861. The number of hydrogen-bond donors (Lipinski definition) is 2. The Morgan fingerprint density at radius 1 is 1.44 bits per heavy atom. The molecule has 0 aromatic heterocycles. The summed E-state index contributed by atoms with van der Waals surface area (Å²) in [7, 11) is 0. The van der Waals surface area contributed by atoms with Crippen LogP contribution >= 0.6 is 0 Å². The number of aliphatic imine (C=N–C) groups is 1. The van der Waals surface area contributed by atoms with E-state index < -0.39 is 6.61 Å². The molecule has 0 radical (unpaired) electrons. The van der Waals surface area contributed by atoms with E-state index >= 15 is 0 Å². The van der Waals surface area contributed by atoms with Gasteiger partial charge in [0.1, 0.15) is 5.75 Å². The molecular weight excluding hydrogens is 240 g/mol. The van der Waals surface area contributed by atoms with Crippen LogP contribution in [0, 0.1) is 0 Å². The summed E-state index contributed by atoms with van der Waals surface area (Å²) in [4.78, 5) is 4.26. The number of nitrogens with one attached hydrogen (secondary N) is 2. The van der Waals surface area contributed by atoms with E-state index in [1.165, 1.54) is 6.07 Å². The van der Waals surface area contributed by atoms with Gasteiger partial charge in [0.2, 0.25) is 0 Å². The second-order valence-electron chi connectivity index (χ2n) is 3.89. The first-order valence-electron chi connectivity index (χ1n) is 5.80. The Balaban J connectivity index is 1.90. The van der Waals surface area contributed by atoms with Crippen molar-refractivity contribution in [2.24, 2.45) is 4.99 Å². The number of halogens is 2. The molecule has 18 heavy (non-hydrogen) atoms. The highest BCUT2D eigenvalue weighted by Crippen LogP contribution is 2.15. The van der Waals surface area contributed by atoms with Crippen molar-refractivity contribution in [2.75, 3.05) is 13.1 Å². The molecule has 1 aromatic rings. The first-order valence-corrected chi connectivity index (χ1v) is 5.80. The molecule has 1 aliphatic heterocycles. The molecule has 1 aromatic carbocycles. The van der Waals surface area contributed by atoms with Crippen LogP contribution in [0.3, 0.4) is 0 Å². The lowest BCUT2D eigenvalue weighted by atomic mass is 10.2. The van der Waals surface area contributed by atoms with Crippen LogP contribution in [0.4, 0.5) is 8.78 Å². The third-order valence-corrected chi connectivity index (χ3v) is 2.48. The van der Waals surface area contributed by atoms with Gasteiger partial charge < -0.3 is 15.4 Å². The molecule has 0 fully saturated rings. The van der Waals surface area contributed by atoms with Gasteiger partial charge in [-0.05, 0) is 24.1 Å². The zero-order valence-corrected chi connectivity index (χ0v) is 9.83. The zero-order chi connectivity index (χ0) is 12.8. The molecule has 1 aliphatic rings. The van der Waals surface area contributed by atoms with Crippen molar-refractivity contribution in [1.82, 2.24) is 10.6 Å². The summed E-state index contributed by atoms with van der Waals surface area (Å²) >= 11 is 0. The van der Waals surface area contributed by atoms with Gasteiger partial charge in [0, 0.05) is 19.6 Å². The summed E-state index contributed by atoms with van der Waals surface area (Å²) in [6, 6.07) is 6.62. The number of hydrogen-bond acceptors (Lipinski definition) is 4. The van der Waals surface area contributed by atoms with Crippen LogP contribution in [-0.2, 0) is 6.54 Å². The predicted molar refractivity (Wildman–Crippen MR) is 64.8 cm³/mol. The van der Waals surface area contributed by atoms with Crippen molar-refractivity contribution < 1.29 is 13.5 Å². The summed E-state index contributed by atoms with van der Waals surface area (Å²) in [6.07, 6.45) is 1.03. The van der Waals surface area contributed by atoms with Gasteiger partial charge in [-0.3, -0.25) is 4.99 Å². The number of benzene rings is 1. The Kier molecular flexibility index (Phi) is 4.33. The zero-order valence-electron chi connectivity index (χ0n) is 9.83. The van der Waals surface area contributed by atoms with Crippen LogP contribution in [0.25, 0.3) is 0 Å². The molecule has 2 rings (SSSR count). The van der Waals surface area contributed by atoms with E-state index in [-0.39, 0.29) is 5.75 Å². The van der Waals surface area contributed by atoms with E-state index in [0.29, 0.717) is 6.54 Å². The summed E-state index contributed by atoms with van der Waals surface area (Å²) < 4.78 is 28.5. The number of guanidine groups is 1. The van der Waals surface area contributed by atoms with Crippen LogP contribution in [0.5, 0.6) is 5.75 Å². The Bertz CT molecular complexity index is 424. The summed E-state index contributed by atoms with van der Waals surface area (Å²) in [6.45, 7) is -0.561. The largest absolute Gasteiger partial charge is 0.435 e. The summed E-state index contributed by atoms with van der Waals surface area (Å²) in [5, 5.41) is 6.24. The second-order valence-corrected chi connectivity index (χ2v) is 3.89. The molecular formula is C12H15F2N3O. The molecule has 98 valence electrons. The lowest BCUT2D eigenvalue weighted by Crippen LogP contribution is -2.40. The van der Waals surface area contributed by atoms with Gasteiger partial charge >= 0.3 is 6.61 Å². The molecule has 0 bridgehead atoms. The highest BCUT2D eigenvalue weighted by Gasteiger charge is 2.06. The van der Waals surface area contributed by atoms with Crippen molar-refractivity contribution in [3.05, 3.63) is 29.8 Å². The van der Waals surface area contributed by atoms with Crippen LogP contribution < -0.4 is 15.4 Å². The van der Waals surface area contributed by atoms with Gasteiger partial charge in [0.05, 0.1) is 0 Å². The van der Waals surface area contributed by atoms with E-state index in [2.05, 4.69) is 20.4 Å². The van der Waals surface area contributed by atoms with Gasteiger partial charge in [0.15, 0.2) is 5.96 Å². The SMILES string of the molecule is FC(F)Oc1cccc(CNC2=NCCCN2)c1. The average molecular weight is 255 g/mol. The smallest absolute Gasteiger partial charge is 0.387 e. The molecule has 0 saturated carbocycles. The molecule has 0 atom stereocenters. The topological polar surface area (TPSA) is 45.6 Å². The van der Waals surface area contributed by atoms with Gasteiger partial charge in [-0.15, -0.1) is 0 Å². The minimum absolute atomic E-state index is 0.169. The lowest BCUT2D eigenvalue weighted by molar-refractivity contribution is -0.0498. The second kappa shape index (κ2) is 6.18. The first kappa shape index (κ1) is 12.6. The van der Waals surface area contributed by atoms with Crippen LogP contribution in [0.15, 0.2) is 29.3 Å². The minimum atomic E-state index is -2.79. The highest BCUT2D eigenvalue weighted by molar-refractivity contribution is 5.80. The monoisotopic (exact) mass is 255 g/mol. The van der Waals surface area contributed by atoms with E-state index in [9.17, 15) is 8.78 Å². The Morgan fingerprint density at radius 3 is 3.06 bits per heavy atom. The van der Waals surface area contributed by atoms with Gasteiger partial charge in [-0.25, -0.2) is 0 Å². The number of alkyl halides is 2. The number of ether oxygens (including phenoxy) is 1. The minimum Gasteiger partial charge on any atom is -0.435 e. The molecule has 6 heteroatoms. The van der Waals surface area contributed by atoms with Crippen molar-refractivity contribution in [3.8, 4) is 5.75 Å². The number of rotatable bonds is 4. The molecule has 0 spiro atoms. The molecule has 4 nitrogen and oxygen atoms in total. The van der Waals surface area contributed by atoms with Gasteiger partial charge in [-0.2, -0.15) is 8.78 Å².